The fraction of sp³-hybridized carbons (Fsp3) is 0.368. The number of benzene rings is 1. The van der Waals surface area contributed by atoms with Crippen molar-refractivity contribution in [2.24, 2.45) is 0 Å². The SMILES string of the molecule is CCN(Cc1cc(=O)n2c(C(F)CCO)c(C)sc2n1)c1ccc(F)cc1. The molecule has 1 atom stereocenters. The largest absolute Gasteiger partial charge is 0.396 e. The van der Waals surface area contributed by atoms with Gasteiger partial charge in [0.2, 0.25) is 0 Å². The first-order valence-corrected chi connectivity index (χ1v) is 9.53. The number of aromatic nitrogens is 2. The van der Waals surface area contributed by atoms with Gasteiger partial charge in [0, 0.05) is 36.2 Å². The van der Waals surface area contributed by atoms with Crippen LogP contribution in [0.4, 0.5) is 14.5 Å². The van der Waals surface area contributed by atoms with E-state index < -0.39 is 6.17 Å². The molecule has 144 valence electrons. The molecule has 27 heavy (non-hydrogen) atoms. The van der Waals surface area contributed by atoms with Crippen molar-refractivity contribution in [1.29, 1.82) is 0 Å². The Hall–Kier alpha value is -2.32. The summed E-state index contributed by atoms with van der Waals surface area (Å²) in [7, 11) is 0. The predicted molar refractivity (Wildman–Crippen MR) is 103 cm³/mol. The van der Waals surface area contributed by atoms with Gasteiger partial charge in [0.1, 0.15) is 12.0 Å². The van der Waals surface area contributed by atoms with Crippen LogP contribution in [0.2, 0.25) is 0 Å². The van der Waals surface area contributed by atoms with Crippen LogP contribution in [0.5, 0.6) is 0 Å². The number of aliphatic hydroxyl groups excluding tert-OH is 1. The molecule has 0 aliphatic carbocycles. The van der Waals surface area contributed by atoms with E-state index in [1.807, 2.05) is 11.8 Å². The molecule has 1 unspecified atom stereocenters. The maximum atomic E-state index is 14.4. The maximum Gasteiger partial charge on any atom is 0.259 e. The van der Waals surface area contributed by atoms with Crippen LogP contribution in [-0.2, 0) is 6.54 Å². The van der Waals surface area contributed by atoms with Crippen molar-refractivity contribution in [3.63, 3.8) is 0 Å². The van der Waals surface area contributed by atoms with Crippen molar-refractivity contribution < 1.29 is 13.9 Å². The Kier molecular flexibility index (Phi) is 5.86. The molecule has 0 bridgehead atoms. The van der Waals surface area contributed by atoms with Crippen LogP contribution in [0.25, 0.3) is 4.96 Å². The topological polar surface area (TPSA) is 57.8 Å². The van der Waals surface area contributed by atoms with Gasteiger partial charge in [-0.05, 0) is 38.1 Å². The van der Waals surface area contributed by atoms with Gasteiger partial charge >= 0.3 is 0 Å². The smallest absolute Gasteiger partial charge is 0.259 e. The quantitative estimate of drug-likeness (QED) is 0.666. The number of nitrogens with zero attached hydrogens (tertiary/aromatic N) is 3. The lowest BCUT2D eigenvalue weighted by molar-refractivity contribution is 0.218. The van der Waals surface area contributed by atoms with E-state index in [1.165, 1.54) is 33.9 Å². The Morgan fingerprint density at radius 1 is 1.33 bits per heavy atom. The van der Waals surface area contributed by atoms with Gasteiger partial charge in [0.05, 0.1) is 17.9 Å². The molecule has 0 saturated carbocycles. The molecular formula is C19H21F2N3O2S. The van der Waals surface area contributed by atoms with Crippen LogP contribution in [0.3, 0.4) is 0 Å². The molecule has 0 fully saturated rings. The summed E-state index contributed by atoms with van der Waals surface area (Å²) in [5.41, 5.74) is 1.32. The van der Waals surface area contributed by atoms with Gasteiger partial charge in [-0.15, -0.1) is 11.3 Å². The molecule has 8 heteroatoms. The van der Waals surface area contributed by atoms with E-state index >= 15 is 0 Å². The Morgan fingerprint density at radius 2 is 2.04 bits per heavy atom. The number of aryl methyl sites for hydroxylation is 1. The summed E-state index contributed by atoms with van der Waals surface area (Å²) in [5.74, 6) is -0.308. The second kappa shape index (κ2) is 8.14. The second-order valence-corrected chi connectivity index (χ2v) is 7.40. The highest BCUT2D eigenvalue weighted by Gasteiger charge is 2.21. The number of hydrogen-bond donors (Lipinski definition) is 1. The van der Waals surface area contributed by atoms with Crippen LogP contribution >= 0.6 is 11.3 Å². The third-order valence-electron chi connectivity index (χ3n) is 4.39. The van der Waals surface area contributed by atoms with E-state index in [-0.39, 0.29) is 30.1 Å². The minimum atomic E-state index is -1.42. The molecule has 2 aromatic heterocycles. The first kappa shape index (κ1) is 19.4. The molecule has 3 rings (SSSR count). The monoisotopic (exact) mass is 393 g/mol. The normalized spacial score (nSPS) is 12.5. The third-order valence-corrected chi connectivity index (χ3v) is 5.36. The third kappa shape index (κ3) is 4.01. The van der Waals surface area contributed by atoms with E-state index in [9.17, 15) is 13.6 Å². The minimum Gasteiger partial charge on any atom is -0.396 e. The van der Waals surface area contributed by atoms with Crippen LogP contribution in [-0.4, -0.2) is 27.6 Å². The van der Waals surface area contributed by atoms with Crippen molar-refractivity contribution in [1.82, 2.24) is 9.38 Å². The van der Waals surface area contributed by atoms with Gasteiger partial charge in [-0.3, -0.25) is 9.20 Å². The van der Waals surface area contributed by atoms with E-state index in [0.29, 0.717) is 28.6 Å². The summed E-state index contributed by atoms with van der Waals surface area (Å²) in [4.78, 5) is 20.2. The van der Waals surface area contributed by atoms with Crippen LogP contribution in [0.15, 0.2) is 35.1 Å². The zero-order valence-corrected chi connectivity index (χ0v) is 16.0. The maximum absolute atomic E-state index is 14.4. The lowest BCUT2D eigenvalue weighted by Gasteiger charge is -2.22. The molecule has 0 aliphatic heterocycles. The zero-order valence-electron chi connectivity index (χ0n) is 15.2. The van der Waals surface area contributed by atoms with Gasteiger partial charge in [-0.2, -0.15) is 0 Å². The molecular weight excluding hydrogens is 372 g/mol. The van der Waals surface area contributed by atoms with Gasteiger partial charge in [0.25, 0.3) is 5.56 Å². The fourth-order valence-electron chi connectivity index (χ4n) is 3.07. The highest BCUT2D eigenvalue weighted by Crippen LogP contribution is 2.29. The van der Waals surface area contributed by atoms with Gasteiger partial charge in [-0.25, -0.2) is 13.8 Å². The number of rotatable bonds is 7. The van der Waals surface area contributed by atoms with Crippen molar-refractivity contribution in [3.8, 4) is 0 Å². The highest BCUT2D eigenvalue weighted by atomic mass is 32.1. The second-order valence-electron chi connectivity index (χ2n) is 6.22. The summed E-state index contributed by atoms with van der Waals surface area (Å²) >= 11 is 1.26. The lowest BCUT2D eigenvalue weighted by Crippen LogP contribution is -2.25. The number of alkyl halides is 1. The summed E-state index contributed by atoms with van der Waals surface area (Å²) in [6, 6.07) is 7.54. The Morgan fingerprint density at radius 3 is 2.67 bits per heavy atom. The van der Waals surface area contributed by atoms with Crippen molar-refractivity contribution in [3.05, 3.63) is 62.8 Å². The summed E-state index contributed by atoms with van der Waals surface area (Å²) in [5, 5.41) is 8.99. The number of hydrogen-bond acceptors (Lipinski definition) is 5. The molecule has 0 aliphatic rings. The Labute approximate surface area is 159 Å². The average Bonchev–Trinajstić information content (AvgIpc) is 2.97. The molecule has 3 aromatic rings. The average molecular weight is 393 g/mol. The summed E-state index contributed by atoms with van der Waals surface area (Å²) in [6.45, 7) is 4.46. The molecule has 2 heterocycles. The van der Waals surface area contributed by atoms with Crippen molar-refractivity contribution in [2.75, 3.05) is 18.1 Å². The van der Waals surface area contributed by atoms with Gasteiger partial charge in [-0.1, -0.05) is 0 Å². The summed E-state index contributed by atoms with van der Waals surface area (Å²) in [6.07, 6.45) is -1.48. The lowest BCUT2D eigenvalue weighted by atomic mass is 10.2. The number of thiazole rings is 1. The van der Waals surface area contributed by atoms with E-state index in [1.54, 1.807) is 19.1 Å². The van der Waals surface area contributed by atoms with Crippen LogP contribution in [0, 0.1) is 12.7 Å². The number of aliphatic hydroxyl groups is 1. The Balaban J connectivity index is 1.96. The van der Waals surface area contributed by atoms with E-state index in [0.717, 1.165) is 5.69 Å². The van der Waals surface area contributed by atoms with Crippen LogP contribution < -0.4 is 10.5 Å². The molecule has 1 N–H and O–H groups in total. The van der Waals surface area contributed by atoms with Crippen LogP contribution in [0.1, 0.15) is 35.8 Å². The van der Waals surface area contributed by atoms with E-state index in [2.05, 4.69) is 4.98 Å². The standard InChI is InChI=1S/C19H21F2N3O2S/c1-3-23(15-6-4-13(20)5-7-15)11-14-10-17(26)24-18(16(21)8-9-25)12(2)27-19(24)22-14/h4-7,10,16,25H,3,8-9,11H2,1-2H3. The molecule has 5 nitrogen and oxygen atoms in total. The predicted octanol–water partition coefficient (Wildman–Crippen LogP) is 3.62. The van der Waals surface area contributed by atoms with Crippen molar-refractivity contribution in [2.45, 2.75) is 33.0 Å². The molecule has 0 radical (unpaired) electrons. The number of fused-ring (bicyclic) bond motifs is 1. The molecule has 1 aromatic carbocycles. The first-order chi connectivity index (χ1) is 12.9. The highest BCUT2D eigenvalue weighted by molar-refractivity contribution is 7.17. The molecule has 0 amide bonds. The molecule has 0 saturated heterocycles. The number of halogens is 2. The fourth-order valence-corrected chi connectivity index (χ4v) is 4.11. The Bertz CT molecular complexity index is 985. The first-order valence-electron chi connectivity index (χ1n) is 8.72. The van der Waals surface area contributed by atoms with E-state index in [4.69, 9.17) is 5.11 Å². The number of anilines is 1. The zero-order chi connectivity index (χ0) is 19.6. The minimum absolute atomic E-state index is 0.0605. The van der Waals surface area contributed by atoms with Gasteiger partial charge < -0.3 is 10.0 Å². The van der Waals surface area contributed by atoms with Gasteiger partial charge in [0.15, 0.2) is 4.96 Å². The van der Waals surface area contributed by atoms with Crippen molar-refractivity contribution >= 4 is 22.0 Å². The molecule has 0 spiro atoms. The summed E-state index contributed by atoms with van der Waals surface area (Å²) < 4.78 is 28.8.